The van der Waals surface area contributed by atoms with Gasteiger partial charge in [-0.1, -0.05) is 30.6 Å². The third kappa shape index (κ3) is 4.96. The lowest BCUT2D eigenvalue weighted by Gasteiger charge is -2.26. The molecule has 0 radical (unpaired) electrons. The predicted molar refractivity (Wildman–Crippen MR) is 94.0 cm³/mol. The van der Waals surface area contributed by atoms with Gasteiger partial charge < -0.3 is 15.6 Å². The number of rotatable bonds is 6. The lowest BCUT2D eigenvalue weighted by atomic mass is 9.94. The fourth-order valence-electron chi connectivity index (χ4n) is 1.98. The first-order valence-corrected chi connectivity index (χ1v) is 7.65. The Balaban J connectivity index is 0.00000264. The highest BCUT2D eigenvalue weighted by molar-refractivity contribution is 6.30. The second-order valence-electron chi connectivity index (χ2n) is 5.34. The predicted octanol–water partition coefficient (Wildman–Crippen LogP) is 3.66. The Labute approximate surface area is 147 Å². The van der Waals surface area contributed by atoms with Crippen LogP contribution in [0.3, 0.4) is 0 Å². The van der Waals surface area contributed by atoms with Crippen LogP contribution in [0.15, 0.2) is 34.9 Å². The summed E-state index contributed by atoms with van der Waals surface area (Å²) in [4.78, 5) is 12.1. The zero-order valence-electron chi connectivity index (χ0n) is 13.1. The molecule has 0 fully saturated rings. The van der Waals surface area contributed by atoms with Crippen LogP contribution < -0.4 is 11.1 Å². The Hall–Kier alpha value is -1.56. The molecular weight excluding hydrogens is 337 g/mol. The number of nitrogens with zero attached hydrogens (tertiary/aromatic N) is 1. The van der Waals surface area contributed by atoms with Gasteiger partial charge in [0.2, 0.25) is 0 Å². The van der Waals surface area contributed by atoms with E-state index in [1.807, 2.05) is 26.0 Å². The zero-order valence-corrected chi connectivity index (χ0v) is 14.7. The number of carbonyl (C=O) groups excluding carboxylic acids is 1. The lowest BCUT2D eigenvalue weighted by Crippen LogP contribution is -2.49. The van der Waals surface area contributed by atoms with Crippen molar-refractivity contribution in [2.45, 2.75) is 32.2 Å². The Morgan fingerprint density at radius 1 is 1.30 bits per heavy atom. The van der Waals surface area contributed by atoms with Crippen molar-refractivity contribution in [3.63, 3.8) is 0 Å². The minimum atomic E-state index is -0.390. The maximum atomic E-state index is 12.1. The second-order valence-corrected chi connectivity index (χ2v) is 5.77. The van der Waals surface area contributed by atoms with Crippen molar-refractivity contribution in [1.29, 1.82) is 0 Å². The van der Waals surface area contributed by atoms with Crippen LogP contribution in [0, 0.1) is 0 Å². The molecule has 0 aliphatic heterocycles. The standard InChI is InChI=1S/C16H20ClN3O2.ClH/c1-3-16(18,4-2)10-19-15(21)13-9-14(22-20-13)11-5-7-12(17)8-6-11;/h5-9H,3-4,10,18H2,1-2H3,(H,19,21);1H. The number of carbonyl (C=O) groups is 1. The second kappa shape index (κ2) is 8.34. The van der Waals surface area contributed by atoms with Gasteiger partial charge in [0.25, 0.3) is 5.91 Å². The van der Waals surface area contributed by atoms with Gasteiger partial charge in [-0.05, 0) is 37.1 Å². The van der Waals surface area contributed by atoms with Gasteiger partial charge in [-0.15, -0.1) is 12.4 Å². The molecule has 3 N–H and O–H groups in total. The molecule has 1 amide bonds. The van der Waals surface area contributed by atoms with Crippen molar-refractivity contribution >= 4 is 29.9 Å². The normalized spacial score (nSPS) is 11.0. The summed E-state index contributed by atoms with van der Waals surface area (Å²) < 4.78 is 5.21. The first-order valence-electron chi connectivity index (χ1n) is 7.27. The largest absolute Gasteiger partial charge is 0.355 e. The van der Waals surface area contributed by atoms with Crippen LogP contribution in [0.4, 0.5) is 0 Å². The molecule has 0 saturated carbocycles. The molecule has 2 rings (SSSR count). The smallest absolute Gasteiger partial charge is 0.273 e. The van der Waals surface area contributed by atoms with Crippen LogP contribution in [0.1, 0.15) is 37.2 Å². The average Bonchev–Trinajstić information content (AvgIpc) is 3.03. The zero-order chi connectivity index (χ0) is 16.2. The number of nitrogens with two attached hydrogens (primary N) is 1. The van der Waals surface area contributed by atoms with Gasteiger partial charge in [0.05, 0.1) is 0 Å². The summed E-state index contributed by atoms with van der Waals surface area (Å²) in [5.74, 6) is 0.229. The number of hydrogen-bond acceptors (Lipinski definition) is 4. The summed E-state index contributed by atoms with van der Waals surface area (Å²) in [6.45, 7) is 4.41. The molecule has 0 aliphatic carbocycles. The molecule has 5 nitrogen and oxygen atoms in total. The number of halogens is 2. The maximum absolute atomic E-state index is 12.1. The first-order chi connectivity index (χ1) is 10.5. The summed E-state index contributed by atoms with van der Waals surface area (Å²) in [7, 11) is 0. The Kier molecular flexibility index (Phi) is 7.06. The molecule has 2 aromatic rings. The van der Waals surface area contributed by atoms with Crippen molar-refractivity contribution in [2.75, 3.05) is 6.54 Å². The van der Waals surface area contributed by atoms with E-state index < -0.39 is 5.54 Å². The number of nitrogens with one attached hydrogen (secondary N) is 1. The Bertz CT molecular complexity index is 637. The van der Waals surface area contributed by atoms with E-state index in [0.717, 1.165) is 18.4 Å². The van der Waals surface area contributed by atoms with Gasteiger partial charge in [0.15, 0.2) is 11.5 Å². The van der Waals surface area contributed by atoms with Crippen LogP contribution in [-0.2, 0) is 0 Å². The summed E-state index contributed by atoms with van der Waals surface area (Å²) in [6, 6.07) is 8.73. The highest BCUT2D eigenvalue weighted by Crippen LogP contribution is 2.22. The summed E-state index contributed by atoms with van der Waals surface area (Å²) in [5.41, 5.74) is 6.82. The van der Waals surface area contributed by atoms with E-state index in [4.69, 9.17) is 21.9 Å². The molecule has 0 spiro atoms. The van der Waals surface area contributed by atoms with Crippen LogP contribution in [0.5, 0.6) is 0 Å². The van der Waals surface area contributed by atoms with Crippen LogP contribution in [-0.4, -0.2) is 23.1 Å². The fraction of sp³-hybridized carbons (Fsp3) is 0.375. The van der Waals surface area contributed by atoms with Gasteiger partial charge in [0.1, 0.15) is 0 Å². The Morgan fingerprint density at radius 2 is 1.91 bits per heavy atom. The molecule has 0 bridgehead atoms. The SMILES string of the molecule is CCC(N)(CC)CNC(=O)c1cc(-c2ccc(Cl)cc2)on1.Cl. The van der Waals surface area contributed by atoms with Crippen molar-refractivity contribution in [1.82, 2.24) is 10.5 Å². The molecule has 1 aromatic heterocycles. The maximum Gasteiger partial charge on any atom is 0.273 e. The molecule has 126 valence electrons. The van der Waals surface area contributed by atoms with Crippen molar-refractivity contribution in [3.05, 3.63) is 41.0 Å². The van der Waals surface area contributed by atoms with Crippen molar-refractivity contribution in [2.24, 2.45) is 5.73 Å². The summed E-state index contributed by atoms with van der Waals surface area (Å²) in [6.07, 6.45) is 1.58. The third-order valence-electron chi connectivity index (χ3n) is 3.88. The van der Waals surface area contributed by atoms with Gasteiger partial charge in [-0.3, -0.25) is 4.79 Å². The number of benzene rings is 1. The summed E-state index contributed by atoms with van der Waals surface area (Å²) in [5, 5.41) is 7.25. The van der Waals surface area contributed by atoms with Crippen LogP contribution in [0.25, 0.3) is 11.3 Å². The molecule has 0 aliphatic rings. The van der Waals surface area contributed by atoms with E-state index in [1.54, 1.807) is 18.2 Å². The third-order valence-corrected chi connectivity index (χ3v) is 4.13. The molecule has 0 atom stereocenters. The van der Waals surface area contributed by atoms with Gasteiger partial charge >= 0.3 is 0 Å². The lowest BCUT2D eigenvalue weighted by molar-refractivity contribution is 0.0933. The highest BCUT2D eigenvalue weighted by Gasteiger charge is 2.22. The molecule has 23 heavy (non-hydrogen) atoms. The van der Waals surface area contributed by atoms with E-state index in [0.29, 0.717) is 17.3 Å². The molecular formula is C16H21Cl2N3O2. The number of aromatic nitrogens is 1. The fourth-order valence-corrected chi connectivity index (χ4v) is 2.11. The first kappa shape index (κ1) is 19.5. The molecule has 7 heteroatoms. The summed E-state index contributed by atoms with van der Waals surface area (Å²) >= 11 is 5.84. The van der Waals surface area contributed by atoms with E-state index in [9.17, 15) is 4.79 Å². The molecule has 0 unspecified atom stereocenters. The quantitative estimate of drug-likeness (QED) is 0.826. The molecule has 1 aromatic carbocycles. The van der Waals surface area contributed by atoms with Crippen molar-refractivity contribution < 1.29 is 9.32 Å². The van der Waals surface area contributed by atoms with Gasteiger partial charge in [-0.25, -0.2) is 0 Å². The molecule has 0 saturated heterocycles. The monoisotopic (exact) mass is 357 g/mol. The van der Waals surface area contributed by atoms with E-state index >= 15 is 0 Å². The minimum absolute atomic E-state index is 0. The molecule has 1 heterocycles. The van der Waals surface area contributed by atoms with Crippen LogP contribution >= 0.6 is 24.0 Å². The van der Waals surface area contributed by atoms with Gasteiger partial charge in [0, 0.05) is 28.7 Å². The average molecular weight is 358 g/mol. The topological polar surface area (TPSA) is 81.1 Å². The highest BCUT2D eigenvalue weighted by atomic mass is 35.5. The van der Waals surface area contributed by atoms with E-state index in [1.165, 1.54) is 0 Å². The Morgan fingerprint density at radius 3 is 2.48 bits per heavy atom. The van der Waals surface area contributed by atoms with Crippen molar-refractivity contribution in [3.8, 4) is 11.3 Å². The minimum Gasteiger partial charge on any atom is -0.355 e. The van der Waals surface area contributed by atoms with Gasteiger partial charge in [-0.2, -0.15) is 0 Å². The number of hydrogen-bond donors (Lipinski definition) is 2. The van der Waals surface area contributed by atoms with E-state index in [-0.39, 0.29) is 24.0 Å². The number of amides is 1. The van der Waals surface area contributed by atoms with Crippen LogP contribution in [0.2, 0.25) is 5.02 Å². The van der Waals surface area contributed by atoms with E-state index in [2.05, 4.69) is 10.5 Å².